The van der Waals surface area contributed by atoms with E-state index < -0.39 is 17.7 Å². The number of unbranched alkanes of at least 4 members (excludes halogenated alkanes) is 4. The Morgan fingerprint density at radius 1 is 1.12 bits per heavy atom. The first kappa shape index (κ1) is 19.2. The van der Waals surface area contributed by atoms with Gasteiger partial charge in [-0.1, -0.05) is 46.0 Å². The minimum absolute atomic E-state index is 0.0294. The molecule has 0 aliphatic carbocycles. The van der Waals surface area contributed by atoms with Crippen LogP contribution in [0, 0.1) is 11.6 Å². The van der Waals surface area contributed by atoms with Gasteiger partial charge in [-0.3, -0.25) is 0 Å². The summed E-state index contributed by atoms with van der Waals surface area (Å²) in [6.07, 6.45) is 8.01. The fourth-order valence-corrected chi connectivity index (χ4v) is 3.35. The van der Waals surface area contributed by atoms with E-state index in [0.29, 0.717) is 18.4 Å². The molecule has 2 unspecified atom stereocenters. The molecule has 2 atom stereocenters. The number of ether oxygens (including phenoxy) is 1. The lowest BCUT2D eigenvalue weighted by atomic mass is 9.94. The predicted molar refractivity (Wildman–Crippen MR) is 92.3 cm³/mol. The lowest BCUT2D eigenvalue weighted by molar-refractivity contribution is 0.143. The van der Waals surface area contributed by atoms with Crippen molar-refractivity contribution in [3.8, 4) is 5.75 Å². The summed E-state index contributed by atoms with van der Waals surface area (Å²) in [5.74, 6) is -1.83. The van der Waals surface area contributed by atoms with Crippen LogP contribution in [-0.4, -0.2) is 11.2 Å². The van der Waals surface area contributed by atoms with Crippen molar-refractivity contribution in [3.63, 3.8) is 0 Å². The van der Waals surface area contributed by atoms with Gasteiger partial charge in [0.1, 0.15) is 0 Å². The molecule has 0 bridgehead atoms. The number of hydrogen-bond donors (Lipinski definition) is 1. The van der Waals surface area contributed by atoms with E-state index in [9.17, 15) is 13.9 Å². The molecule has 1 aromatic rings. The molecule has 1 heterocycles. The molecule has 24 heavy (non-hydrogen) atoms. The molecule has 4 heteroatoms. The lowest BCUT2D eigenvalue weighted by Gasteiger charge is -2.28. The molecule has 1 aliphatic heterocycles. The van der Waals surface area contributed by atoms with Gasteiger partial charge in [-0.05, 0) is 43.7 Å². The van der Waals surface area contributed by atoms with E-state index in [1.54, 1.807) is 6.07 Å². The second-order valence-corrected chi connectivity index (χ2v) is 6.87. The van der Waals surface area contributed by atoms with E-state index in [2.05, 4.69) is 13.8 Å². The second-order valence-electron chi connectivity index (χ2n) is 6.87. The van der Waals surface area contributed by atoms with Crippen LogP contribution in [0.3, 0.4) is 0 Å². The molecule has 1 aromatic carbocycles. The summed E-state index contributed by atoms with van der Waals surface area (Å²) in [5, 5.41) is 10.2. The van der Waals surface area contributed by atoms with Gasteiger partial charge < -0.3 is 9.84 Å². The first-order valence-electron chi connectivity index (χ1n) is 9.43. The highest BCUT2D eigenvalue weighted by molar-refractivity contribution is 5.42. The minimum Gasteiger partial charge on any atom is -0.487 e. The molecule has 0 aromatic heterocycles. The molecule has 0 saturated carbocycles. The predicted octanol–water partition coefficient (Wildman–Crippen LogP) is 5.85. The molecule has 0 amide bonds. The van der Waals surface area contributed by atoms with Crippen LogP contribution in [0.15, 0.2) is 6.07 Å². The molecule has 2 rings (SSSR count). The van der Waals surface area contributed by atoms with Crippen molar-refractivity contribution in [1.82, 2.24) is 0 Å². The highest BCUT2D eigenvalue weighted by atomic mass is 19.2. The third kappa shape index (κ3) is 4.69. The Bertz CT molecular complexity index is 531. The smallest absolute Gasteiger partial charge is 0.201 e. The summed E-state index contributed by atoms with van der Waals surface area (Å²) in [6, 6.07) is 1.60. The molecule has 1 N–H and O–H groups in total. The van der Waals surface area contributed by atoms with E-state index in [4.69, 9.17) is 4.74 Å². The first-order valence-corrected chi connectivity index (χ1v) is 9.43. The van der Waals surface area contributed by atoms with Crippen LogP contribution >= 0.6 is 0 Å². The number of aliphatic hydroxyl groups excluding tert-OH is 1. The quantitative estimate of drug-likeness (QED) is 0.571. The van der Waals surface area contributed by atoms with Gasteiger partial charge in [0.25, 0.3) is 0 Å². The van der Waals surface area contributed by atoms with Crippen LogP contribution in [0.4, 0.5) is 8.78 Å². The van der Waals surface area contributed by atoms with Crippen LogP contribution < -0.4 is 4.74 Å². The summed E-state index contributed by atoms with van der Waals surface area (Å²) >= 11 is 0. The summed E-state index contributed by atoms with van der Waals surface area (Å²) in [7, 11) is 0. The van der Waals surface area contributed by atoms with Crippen molar-refractivity contribution >= 4 is 0 Å². The van der Waals surface area contributed by atoms with Crippen molar-refractivity contribution < 1.29 is 18.6 Å². The lowest BCUT2D eigenvalue weighted by Crippen LogP contribution is -2.24. The van der Waals surface area contributed by atoms with Crippen molar-refractivity contribution in [2.45, 2.75) is 90.3 Å². The van der Waals surface area contributed by atoms with Gasteiger partial charge in [-0.25, -0.2) is 4.39 Å². The zero-order valence-electron chi connectivity index (χ0n) is 14.9. The maximum atomic E-state index is 14.4. The number of hydrogen-bond acceptors (Lipinski definition) is 2. The topological polar surface area (TPSA) is 29.5 Å². The standard InChI is InChI=1S/C20H30F2O2/c1-3-5-7-9-15-12-11-14-13-16(17(23)10-8-6-4-2)18(21)19(22)20(14)24-15/h13,15,17,23H,3-12H2,1-2H3. The summed E-state index contributed by atoms with van der Waals surface area (Å²) in [6.45, 7) is 4.21. The third-order valence-electron chi connectivity index (χ3n) is 4.86. The van der Waals surface area contributed by atoms with E-state index in [1.807, 2.05) is 0 Å². The van der Waals surface area contributed by atoms with Crippen molar-refractivity contribution in [2.75, 3.05) is 0 Å². The molecular formula is C20H30F2O2. The van der Waals surface area contributed by atoms with Crippen molar-refractivity contribution in [1.29, 1.82) is 0 Å². The fraction of sp³-hybridized carbons (Fsp3) is 0.700. The molecule has 136 valence electrons. The minimum atomic E-state index is -0.952. The Labute approximate surface area is 144 Å². The Morgan fingerprint density at radius 2 is 1.83 bits per heavy atom. The Morgan fingerprint density at radius 3 is 2.54 bits per heavy atom. The van der Waals surface area contributed by atoms with Gasteiger partial charge in [-0.15, -0.1) is 0 Å². The van der Waals surface area contributed by atoms with Gasteiger partial charge in [0.2, 0.25) is 5.82 Å². The number of fused-ring (bicyclic) bond motifs is 1. The van der Waals surface area contributed by atoms with Crippen LogP contribution in [0.5, 0.6) is 5.75 Å². The number of aryl methyl sites for hydroxylation is 1. The molecule has 0 fully saturated rings. The zero-order valence-corrected chi connectivity index (χ0v) is 14.9. The maximum absolute atomic E-state index is 14.4. The van der Waals surface area contributed by atoms with Crippen LogP contribution in [0.2, 0.25) is 0 Å². The summed E-state index contributed by atoms with van der Waals surface area (Å²) < 4.78 is 34.5. The largest absolute Gasteiger partial charge is 0.487 e. The normalized spacial score (nSPS) is 18.1. The van der Waals surface area contributed by atoms with Gasteiger partial charge >= 0.3 is 0 Å². The van der Waals surface area contributed by atoms with Gasteiger partial charge in [-0.2, -0.15) is 4.39 Å². The number of benzene rings is 1. The maximum Gasteiger partial charge on any atom is 0.201 e. The Kier molecular flexibility index (Phi) is 7.47. The SMILES string of the molecule is CCCCCC1CCc2cc(C(O)CCCCC)c(F)c(F)c2O1. The van der Waals surface area contributed by atoms with E-state index in [0.717, 1.165) is 51.4 Å². The van der Waals surface area contributed by atoms with E-state index >= 15 is 0 Å². The van der Waals surface area contributed by atoms with Crippen molar-refractivity contribution in [3.05, 3.63) is 28.8 Å². The molecule has 1 aliphatic rings. The number of halogens is 2. The second kappa shape index (κ2) is 9.36. The third-order valence-corrected chi connectivity index (χ3v) is 4.86. The fourth-order valence-electron chi connectivity index (χ4n) is 3.35. The van der Waals surface area contributed by atoms with Gasteiger partial charge in [0, 0.05) is 5.56 Å². The number of aliphatic hydroxyl groups is 1. The summed E-state index contributed by atoms with van der Waals surface area (Å²) in [4.78, 5) is 0. The average molecular weight is 340 g/mol. The van der Waals surface area contributed by atoms with Crippen molar-refractivity contribution in [2.24, 2.45) is 0 Å². The van der Waals surface area contributed by atoms with Crippen LogP contribution in [0.1, 0.15) is 88.9 Å². The van der Waals surface area contributed by atoms with Gasteiger partial charge in [0.15, 0.2) is 11.6 Å². The Balaban J connectivity index is 2.10. The van der Waals surface area contributed by atoms with E-state index in [1.165, 1.54) is 0 Å². The highest BCUT2D eigenvalue weighted by Gasteiger charge is 2.28. The first-order chi connectivity index (χ1) is 11.6. The average Bonchev–Trinajstić information content (AvgIpc) is 2.58. The van der Waals surface area contributed by atoms with Crippen LogP contribution in [0.25, 0.3) is 0 Å². The molecule has 0 saturated heterocycles. The monoisotopic (exact) mass is 340 g/mol. The van der Waals surface area contributed by atoms with E-state index in [-0.39, 0.29) is 17.4 Å². The van der Waals surface area contributed by atoms with Crippen LogP contribution in [-0.2, 0) is 6.42 Å². The van der Waals surface area contributed by atoms with Gasteiger partial charge in [0.05, 0.1) is 12.2 Å². The summed E-state index contributed by atoms with van der Waals surface area (Å²) in [5.41, 5.74) is 0.764. The zero-order chi connectivity index (χ0) is 17.5. The highest BCUT2D eigenvalue weighted by Crippen LogP contribution is 2.37. The Hall–Kier alpha value is -1.16. The molecule has 0 spiro atoms. The molecule has 2 nitrogen and oxygen atoms in total. The number of rotatable bonds is 9. The molecule has 0 radical (unpaired) electrons. The molecular weight excluding hydrogens is 310 g/mol.